The summed E-state index contributed by atoms with van der Waals surface area (Å²) in [6.45, 7) is 2.65. The number of hydrogen-bond donors (Lipinski definition) is 2. The summed E-state index contributed by atoms with van der Waals surface area (Å²) in [5, 5.41) is 9.98. The molecule has 0 saturated carbocycles. The third-order valence-corrected chi connectivity index (χ3v) is 3.88. The maximum absolute atomic E-state index is 12.8. The van der Waals surface area contributed by atoms with Gasteiger partial charge in [0, 0.05) is 25.2 Å². The lowest BCUT2D eigenvalue weighted by Crippen LogP contribution is -2.37. The van der Waals surface area contributed by atoms with Crippen LogP contribution in [0.25, 0.3) is 11.1 Å². The van der Waals surface area contributed by atoms with Crippen LogP contribution in [-0.4, -0.2) is 33.5 Å². The predicted octanol–water partition coefficient (Wildman–Crippen LogP) is 3.17. The summed E-state index contributed by atoms with van der Waals surface area (Å²) in [5.41, 5.74) is 2.95. The van der Waals surface area contributed by atoms with Crippen molar-refractivity contribution in [1.82, 2.24) is 9.88 Å². The van der Waals surface area contributed by atoms with Crippen LogP contribution in [0.2, 0.25) is 0 Å². The number of aromatic nitrogens is 1. The van der Waals surface area contributed by atoms with Gasteiger partial charge in [0.05, 0.1) is 17.9 Å². The van der Waals surface area contributed by atoms with Crippen molar-refractivity contribution >= 4 is 17.0 Å². The third kappa shape index (κ3) is 3.46. The quantitative estimate of drug-likeness (QED) is 0.734. The maximum Gasteiger partial charge on any atom is 0.270 e. The van der Waals surface area contributed by atoms with Crippen LogP contribution >= 0.6 is 0 Å². The van der Waals surface area contributed by atoms with Crippen molar-refractivity contribution in [3.8, 4) is 0 Å². The van der Waals surface area contributed by atoms with Crippen molar-refractivity contribution < 1.29 is 14.3 Å². The first-order chi connectivity index (χ1) is 11.2. The second-order valence-electron chi connectivity index (χ2n) is 5.61. The van der Waals surface area contributed by atoms with Gasteiger partial charge < -0.3 is 19.4 Å². The summed E-state index contributed by atoms with van der Waals surface area (Å²) in [6, 6.07) is 13.3. The minimum Gasteiger partial charge on any atom is -0.463 e. The largest absolute Gasteiger partial charge is 0.463 e. The number of aliphatic hydroxyl groups excluding tert-OH is 1. The molecule has 5 nitrogen and oxygen atoms in total. The molecule has 3 aromatic rings. The van der Waals surface area contributed by atoms with E-state index in [1.807, 2.05) is 37.3 Å². The fourth-order valence-electron chi connectivity index (χ4n) is 2.54. The van der Waals surface area contributed by atoms with E-state index in [2.05, 4.69) is 4.98 Å². The Labute approximate surface area is 134 Å². The molecule has 1 aromatic carbocycles. The summed E-state index contributed by atoms with van der Waals surface area (Å²) in [5.74, 6) is -0.146. The summed E-state index contributed by atoms with van der Waals surface area (Å²) in [7, 11) is 0. The SMILES string of the molecule is CCC(O)CN(Cc1ccccc1)C(=O)c1cc2occc2[nH]1. The highest BCUT2D eigenvalue weighted by molar-refractivity contribution is 5.96. The van der Waals surface area contributed by atoms with Gasteiger partial charge >= 0.3 is 0 Å². The monoisotopic (exact) mass is 312 g/mol. The average Bonchev–Trinajstić information content (AvgIpc) is 3.16. The first-order valence-electron chi connectivity index (χ1n) is 7.75. The molecule has 0 spiro atoms. The zero-order valence-corrected chi connectivity index (χ0v) is 13.0. The van der Waals surface area contributed by atoms with Crippen molar-refractivity contribution in [1.29, 1.82) is 0 Å². The number of carbonyl (C=O) groups is 1. The van der Waals surface area contributed by atoms with E-state index in [1.165, 1.54) is 0 Å². The predicted molar refractivity (Wildman–Crippen MR) is 88.0 cm³/mol. The van der Waals surface area contributed by atoms with Crippen molar-refractivity contribution in [2.45, 2.75) is 26.0 Å². The Morgan fingerprint density at radius 2 is 2.09 bits per heavy atom. The molecule has 2 heterocycles. The molecule has 120 valence electrons. The van der Waals surface area contributed by atoms with E-state index < -0.39 is 6.10 Å². The van der Waals surface area contributed by atoms with Gasteiger partial charge in [0.1, 0.15) is 5.69 Å². The van der Waals surface area contributed by atoms with Crippen LogP contribution in [0.3, 0.4) is 0 Å². The van der Waals surface area contributed by atoms with E-state index in [4.69, 9.17) is 4.42 Å². The molecule has 2 N–H and O–H groups in total. The topological polar surface area (TPSA) is 69.5 Å². The van der Waals surface area contributed by atoms with Crippen LogP contribution < -0.4 is 0 Å². The molecule has 0 radical (unpaired) electrons. The number of carbonyl (C=O) groups excluding carboxylic acids is 1. The van der Waals surface area contributed by atoms with Crippen LogP contribution in [0.4, 0.5) is 0 Å². The van der Waals surface area contributed by atoms with Crippen LogP contribution in [-0.2, 0) is 6.54 Å². The fraction of sp³-hybridized carbons (Fsp3) is 0.278. The Hall–Kier alpha value is -2.53. The highest BCUT2D eigenvalue weighted by atomic mass is 16.3. The maximum atomic E-state index is 12.8. The normalized spacial score (nSPS) is 12.4. The van der Waals surface area contributed by atoms with E-state index in [9.17, 15) is 9.90 Å². The van der Waals surface area contributed by atoms with Gasteiger partial charge in [-0.15, -0.1) is 0 Å². The highest BCUT2D eigenvalue weighted by Crippen LogP contribution is 2.18. The molecule has 2 aromatic heterocycles. The lowest BCUT2D eigenvalue weighted by Gasteiger charge is -2.24. The molecule has 3 rings (SSSR count). The van der Waals surface area contributed by atoms with Gasteiger partial charge in [0.15, 0.2) is 5.58 Å². The van der Waals surface area contributed by atoms with Crippen molar-refractivity contribution in [2.75, 3.05) is 6.54 Å². The second kappa shape index (κ2) is 6.71. The Morgan fingerprint density at radius 1 is 1.30 bits per heavy atom. The molecule has 0 aliphatic rings. The van der Waals surface area contributed by atoms with Crippen LogP contribution in [0, 0.1) is 0 Å². The molecule has 1 atom stereocenters. The van der Waals surface area contributed by atoms with Gasteiger partial charge in [0.25, 0.3) is 5.91 Å². The van der Waals surface area contributed by atoms with E-state index >= 15 is 0 Å². The molecule has 0 aliphatic carbocycles. The number of benzene rings is 1. The van der Waals surface area contributed by atoms with Crippen LogP contribution in [0.15, 0.2) is 53.1 Å². The van der Waals surface area contributed by atoms with E-state index in [0.717, 1.165) is 11.1 Å². The molecule has 5 heteroatoms. The molecule has 23 heavy (non-hydrogen) atoms. The number of amides is 1. The van der Waals surface area contributed by atoms with Crippen LogP contribution in [0.1, 0.15) is 29.4 Å². The molecule has 1 unspecified atom stereocenters. The first-order valence-corrected chi connectivity index (χ1v) is 7.75. The van der Waals surface area contributed by atoms with Crippen LogP contribution in [0.5, 0.6) is 0 Å². The summed E-state index contributed by atoms with van der Waals surface area (Å²) in [4.78, 5) is 17.5. The number of aliphatic hydroxyl groups is 1. The lowest BCUT2D eigenvalue weighted by molar-refractivity contribution is 0.0594. The summed E-state index contributed by atoms with van der Waals surface area (Å²) >= 11 is 0. The zero-order valence-electron chi connectivity index (χ0n) is 13.0. The summed E-state index contributed by atoms with van der Waals surface area (Å²) < 4.78 is 5.30. The highest BCUT2D eigenvalue weighted by Gasteiger charge is 2.21. The number of aromatic amines is 1. The third-order valence-electron chi connectivity index (χ3n) is 3.88. The van der Waals surface area contributed by atoms with Gasteiger partial charge in [-0.1, -0.05) is 37.3 Å². The number of furan rings is 1. The number of nitrogens with one attached hydrogen (secondary N) is 1. The Balaban J connectivity index is 1.83. The fourth-order valence-corrected chi connectivity index (χ4v) is 2.54. The second-order valence-corrected chi connectivity index (χ2v) is 5.61. The summed E-state index contributed by atoms with van der Waals surface area (Å²) in [6.07, 6.45) is 1.64. The van der Waals surface area contributed by atoms with E-state index in [-0.39, 0.29) is 5.91 Å². The molecular weight excluding hydrogens is 292 g/mol. The number of fused-ring (bicyclic) bond motifs is 1. The Morgan fingerprint density at radius 3 is 2.78 bits per heavy atom. The van der Waals surface area contributed by atoms with Gasteiger partial charge in [-0.2, -0.15) is 0 Å². The Kier molecular flexibility index (Phi) is 4.48. The molecule has 1 amide bonds. The Bertz CT molecular complexity index is 747. The van der Waals surface area contributed by atoms with Gasteiger partial charge in [0.2, 0.25) is 0 Å². The number of H-pyrrole nitrogens is 1. The number of nitrogens with zero attached hydrogens (tertiary/aromatic N) is 1. The molecule has 0 saturated heterocycles. The van der Waals surface area contributed by atoms with Crippen molar-refractivity contribution in [3.63, 3.8) is 0 Å². The van der Waals surface area contributed by atoms with Gasteiger partial charge in [-0.3, -0.25) is 4.79 Å². The molecule has 0 bridgehead atoms. The van der Waals surface area contributed by atoms with E-state index in [0.29, 0.717) is 30.8 Å². The standard InChI is InChI=1S/C18H20N2O3/c1-2-14(21)12-20(11-13-6-4-3-5-7-13)18(22)16-10-17-15(19-16)8-9-23-17/h3-10,14,19,21H,2,11-12H2,1H3. The molecule has 0 aliphatic heterocycles. The van der Waals surface area contributed by atoms with Crippen molar-refractivity contribution in [3.05, 3.63) is 60.0 Å². The minimum absolute atomic E-state index is 0.146. The van der Waals surface area contributed by atoms with Gasteiger partial charge in [-0.05, 0) is 12.0 Å². The number of rotatable bonds is 6. The van der Waals surface area contributed by atoms with E-state index in [1.54, 1.807) is 23.3 Å². The lowest BCUT2D eigenvalue weighted by atomic mass is 10.2. The minimum atomic E-state index is -0.541. The smallest absolute Gasteiger partial charge is 0.270 e. The van der Waals surface area contributed by atoms with Gasteiger partial charge in [-0.25, -0.2) is 0 Å². The number of hydrogen-bond acceptors (Lipinski definition) is 3. The van der Waals surface area contributed by atoms with Crippen molar-refractivity contribution in [2.24, 2.45) is 0 Å². The average molecular weight is 312 g/mol. The first kappa shape index (κ1) is 15.4. The zero-order chi connectivity index (χ0) is 16.2. The molecule has 0 fully saturated rings. The molecular formula is C18H20N2O3.